The van der Waals surface area contributed by atoms with E-state index in [1.165, 1.54) is 0 Å². The average molecular weight is 383 g/mol. The van der Waals surface area contributed by atoms with Gasteiger partial charge in [-0.05, 0) is 37.8 Å². The number of nitrogens with one attached hydrogen (secondary N) is 2. The first-order chi connectivity index (χ1) is 13.1. The Morgan fingerprint density at radius 1 is 1.14 bits per heavy atom. The molecule has 0 aliphatic carbocycles. The van der Waals surface area contributed by atoms with Gasteiger partial charge in [0.15, 0.2) is 5.65 Å². The summed E-state index contributed by atoms with van der Waals surface area (Å²) in [4.78, 5) is 19.6. The van der Waals surface area contributed by atoms with Crippen molar-refractivity contribution in [2.24, 2.45) is 0 Å². The van der Waals surface area contributed by atoms with Crippen LogP contribution >= 0.6 is 0 Å². The van der Waals surface area contributed by atoms with Gasteiger partial charge in [0, 0.05) is 0 Å². The summed E-state index contributed by atoms with van der Waals surface area (Å²) < 4.78 is 7.73. The molecule has 0 radical (unpaired) electrons. The molecule has 2 heterocycles. The Morgan fingerprint density at radius 2 is 1.86 bits per heavy atom. The van der Waals surface area contributed by atoms with Gasteiger partial charge in [-0.1, -0.05) is 39.0 Å². The third kappa shape index (κ3) is 4.18. The van der Waals surface area contributed by atoms with Crippen LogP contribution in [0.5, 0.6) is 5.75 Å². The van der Waals surface area contributed by atoms with Gasteiger partial charge in [-0.25, -0.2) is 4.68 Å². The molecule has 0 saturated carbocycles. The molecule has 3 aromatic rings. The summed E-state index contributed by atoms with van der Waals surface area (Å²) in [7, 11) is 0. The van der Waals surface area contributed by atoms with Crippen LogP contribution in [0.1, 0.15) is 47.1 Å². The zero-order chi connectivity index (χ0) is 20.5. The van der Waals surface area contributed by atoms with Crippen LogP contribution in [-0.2, 0) is 11.0 Å². The molecule has 1 aromatic carbocycles. The van der Waals surface area contributed by atoms with Crippen molar-refractivity contribution in [3.63, 3.8) is 0 Å². The fraction of sp³-hybridized carbons (Fsp3) is 0.476. The standard InChI is InChI=1S/C21H29N5O2/c1-20(2,3)15-9-7-8-10-16(15)28-12-11-22-19-24-17-14(18(27)25-19)13-23-26(17)21(4,5)6/h7-10,13H,11-12H2,1-6H3,(H2,22,24,25,27). The number of nitrogens with zero attached hydrogens (tertiary/aromatic N) is 3. The van der Waals surface area contributed by atoms with Crippen molar-refractivity contribution in [2.45, 2.75) is 52.5 Å². The number of aromatic amines is 1. The second kappa shape index (κ2) is 7.30. The lowest BCUT2D eigenvalue weighted by Gasteiger charge is -2.22. The van der Waals surface area contributed by atoms with Crippen molar-refractivity contribution in [3.05, 3.63) is 46.4 Å². The molecule has 150 valence electrons. The SMILES string of the molecule is CC(C)(C)c1ccccc1OCCNc1nc2c(cnn2C(C)(C)C)c(=O)[nH]1. The lowest BCUT2D eigenvalue weighted by molar-refractivity contribution is 0.323. The highest BCUT2D eigenvalue weighted by atomic mass is 16.5. The molecular formula is C21H29N5O2. The zero-order valence-corrected chi connectivity index (χ0v) is 17.5. The number of hydrogen-bond donors (Lipinski definition) is 2. The number of ether oxygens (including phenoxy) is 1. The van der Waals surface area contributed by atoms with E-state index >= 15 is 0 Å². The first kappa shape index (κ1) is 19.9. The molecule has 0 amide bonds. The Kier molecular flexibility index (Phi) is 5.19. The number of fused-ring (bicyclic) bond motifs is 1. The third-order valence-electron chi connectivity index (χ3n) is 4.42. The summed E-state index contributed by atoms with van der Waals surface area (Å²) in [6, 6.07) is 8.06. The maximum Gasteiger partial charge on any atom is 0.263 e. The van der Waals surface area contributed by atoms with Gasteiger partial charge in [0.05, 0.1) is 18.3 Å². The van der Waals surface area contributed by atoms with Gasteiger partial charge >= 0.3 is 0 Å². The molecule has 0 bridgehead atoms. The van der Waals surface area contributed by atoms with Gasteiger partial charge < -0.3 is 10.1 Å². The predicted octanol–water partition coefficient (Wildman–Crippen LogP) is 3.66. The first-order valence-corrected chi connectivity index (χ1v) is 9.52. The highest BCUT2D eigenvalue weighted by molar-refractivity contribution is 5.74. The minimum atomic E-state index is -0.264. The van der Waals surface area contributed by atoms with E-state index in [-0.39, 0.29) is 16.5 Å². The number of aromatic nitrogens is 4. The fourth-order valence-electron chi connectivity index (χ4n) is 3.04. The van der Waals surface area contributed by atoms with Crippen LogP contribution in [0.15, 0.2) is 35.3 Å². The Hall–Kier alpha value is -2.83. The number of H-pyrrole nitrogens is 1. The van der Waals surface area contributed by atoms with Gasteiger partial charge in [0.2, 0.25) is 5.95 Å². The van der Waals surface area contributed by atoms with Crippen LogP contribution in [0.25, 0.3) is 11.0 Å². The maximum atomic E-state index is 12.3. The monoisotopic (exact) mass is 383 g/mol. The summed E-state index contributed by atoms with van der Waals surface area (Å²) in [6.45, 7) is 13.5. The molecule has 7 nitrogen and oxygen atoms in total. The minimum absolute atomic E-state index is 0.00716. The van der Waals surface area contributed by atoms with Gasteiger partial charge in [-0.3, -0.25) is 9.78 Å². The maximum absolute atomic E-state index is 12.3. The van der Waals surface area contributed by atoms with Crippen LogP contribution in [0.2, 0.25) is 0 Å². The fourth-order valence-corrected chi connectivity index (χ4v) is 3.04. The molecule has 0 aliphatic heterocycles. The molecule has 0 aliphatic rings. The smallest absolute Gasteiger partial charge is 0.263 e. The van der Waals surface area contributed by atoms with Crippen molar-refractivity contribution in [1.29, 1.82) is 0 Å². The molecule has 0 spiro atoms. The van der Waals surface area contributed by atoms with Crippen LogP contribution < -0.4 is 15.6 Å². The van der Waals surface area contributed by atoms with Crippen molar-refractivity contribution in [2.75, 3.05) is 18.5 Å². The molecule has 7 heteroatoms. The summed E-state index contributed by atoms with van der Waals surface area (Å²) in [5.41, 5.74) is 1.27. The molecular weight excluding hydrogens is 354 g/mol. The van der Waals surface area contributed by atoms with E-state index in [0.717, 1.165) is 11.3 Å². The topological polar surface area (TPSA) is 84.8 Å². The molecule has 0 fully saturated rings. The first-order valence-electron chi connectivity index (χ1n) is 9.52. The molecule has 0 saturated heterocycles. The van der Waals surface area contributed by atoms with Gasteiger partial charge in [-0.2, -0.15) is 10.1 Å². The second-order valence-corrected chi connectivity index (χ2v) is 8.90. The molecule has 3 rings (SSSR count). The van der Waals surface area contributed by atoms with Crippen LogP contribution in [-0.4, -0.2) is 32.9 Å². The summed E-state index contributed by atoms with van der Waals surface area (Å²) >= 11 is 0. The Balaban J connectivity index is 1.71. The van der Waals surface area contributed by atoms with E-state index < -0.39 is 0 Å². The van der Waals surface area contributed by atoms with Gasteiger partial charge in [-0.15, -0.1) is 0 Å². The van der Waals surface area contributed by atoms with Crippen molar-refractivity contribution in [1.82, 2.24) is 19.7 Å². The molecule has 0 atom stereocenters. The lowest BCUT2D eigenvalue weighted by atomic mass is 9.86. The van der Waals surface area contributed by atoms with Crippen LogP contribution in [0, 0.1) is 0 Å². The van der Waals surface area contributed by atoms with E-state index in [1.807, 2.05) is 39.0 Å². The predicted molar refractivity (Wildman–Crippen MR) is 112 cm³/mol. The Morgan fingerprint density at radius 3 is 2.54 bits per heavy atom. The van der Waals surface area contributed by atoms with E-state index in [4.69, 9.17) is 4.74 Å². The van der Waals surface area contributed by atoms with E-state index in [9.17, 15) is 4.79 Å². The summed E-state index contributed by atoms with van der Waals surface area (Å²) in [5.74, 6) is 1.29. The van der Waals surface area contributed by atoms with Crippen LogP contribution in [0.3, 0.4) is 0 Å². The van der Waals surface area contributed by atoms with E-state index in [1.54, 1.807) is 10.9 Å². The Bertz CT molecular complexity index is 1020. The quantitative estimate of drug-likeness (QED) is 0.657. The van der Waals surface area contributed by atoms with Crippen molar-refractivity contribution < 1.29 is 4.74 Å². The summed E-state index contributed by atoms with van der Waals surface area (Å²) in [6.07, 6.45) is 1.56. The van der Waals surface area contributed by atoms with Gasteiger partial charge in [0.1, 0.15) is 17.7 Å². The number of hydrogen-bond acceptors (Lipinski definition) is 5. The Labute approximate surface area is 165 Å². The van der Waals surface area contributed by atoms with Gasteiger partial charge in [0.25, 0.3) is 5.56 Å². The normalized spacial score (nSPS) is 12.4. The van der Waals surface area contributed by atoms with E-state index in [2.05, 4.69) is 47.2 Å². The average Bonchev–Trinajstić information content (AvgIpc) is 3.03. The molecule has 28 heavy (non-hydrogen) atoms. The number of anilines is 1. The van der Waals surface area contributed by atoms with Crippen LogP contribution in [0.4, 0.5) is 5.95 Å². The molecule has 2 N–H and O–H groups in total. The minimum Gasteiger partial charge on any atom is -0.491 e. The third-order valence-corrected chi connectivity index (χ3v) is 4.42. The van der Waals surface area contributed by atoms with Crippen molar-refractivity contribution in [3.8, 4) is 5.75 Å². The summed E-state index contributed by atoms with van der Waals surface area (Å²) in [5, 5.41) is 7.94. The highest BCUT2D eigenvalue weighted by Gasteiger charge is 2.20. The lowest BCUT2D eigenvalue weighted by Crippen LogP contribution is -2.24. The number of rotatable bonds is 5. The molecule has 0 unspecified atom stereocenters. The van der Waals surface area contributed by atoms with Crippen molar-refractivity contribution >= 4 is 17.0 Å². The largest absolute Gasteiger partial charge is 0.491 e. The number of para-hydroxylation sites is 1. The van der Waals surface area contributed by atoms with E-state index in [0.29, 0.717) is 30.1 Å². The zero-order valence-electron chi connectivity index (χ0n) is 17.5. The molecule has 2 aromatic heterocycles. The highest BCUT2D eigenvalue weighted by Crippen LogP contribution is 2.30. The second-order valence-electron chi connectivity index (χ2n) is 8.90. The number of benzene rings is 1.